The van der Waals surface area contributed by atoms with Crippen molar-refractivity contribution in [1.29, 1.82) is 0 Å². The van der Waals surface area contributed by atoms with Crippen LogP contribution in [-0.2, 0) is 13.7 Å². The van der Waals surface area contributed by atoms with Crippen LogP contribution in [0.5, 0.6) is 5.19 Å². The van der Waals surface area contributed by atoms with Gasteiger partial charge in [0.15, 0.2) is 0 Å². The van der Waals surface area contributed by atoms with E-state index in [9.17, 15) is 4.79 Å². The molecule has 0 aliphatic carbocycles. The molecule has 3 aromatic heterocycles. The van der Waals surface area contributed by atoms with Gasteiger partial charge in [0.05, 0.1) is 7.06 Å². The van der Waals surface area contributed by atoms with E-state index < -0.39 is 0 Å². The summed E-state index contributed by atoms with van der Waals surface area (Å²) in [5.41, 5.74) is 1.65. The van der Waals surface area contributed by atoms with Crippen molar-refractivity contribution in [3.63, 3.8) is 0 Å². The first-order valence-electron chi connectivity index (χ1n) is 6.55. The third-order valence-electron chi connectivity index (χ3n) is 2.90. The lowest BCUT2D eigenvalue weighted by Gasteiger charge is -2.10. The summed E-state index contributed by atoms with van der Waals surface area (Å²) in [6.07, 6.45) is 1.76. The number of aryl methyl sites for hydroxylation is 2. The summed E-state index contributed by atoms with van der Waals surface area (Å²) in [5, 5.41) is 9.52. The quantitative estimate of drug-likeness (QED) is 0.705. The second-order valence-electron chi connectivity index (χ2n) is 4.22. The maximum Gasteiger partial charge on any atom is 0.368 e. The topological polar surface area (TPSA) is 87.7 Å². The molecule has 0 radical (unpaired) electrons. The highest BCUT2D eigenvalue weighted by Crippen LogP contribution is 2.19. The molecule has 0 unspecified atom stereocenters. The lowest BCUT2D eigenvalue weighted by Crippen LogP contribution is -2.23. The first-order valence-corrected chi connectivity index (χ1v) is 6.93. The molecule has 0 aromatic carbocycles. The molecular formula is C12H12N6O2S. The summed E-state index contributed by atoms with van der Waals surface area (Å²) in [5.74, 6) is 0. The molecule has 3 aromatic rings. The molecule has 9 heteroatoms. The number of ether oxygens (including phenoxy) is 1. The minimum atomic E-state index is -0.352. The maximum absolute atomic E-state index is 12.0. The van der Waals surface area contributed by atoms with Crippen molar-refractivity contribution in [1.82, 2.24) is 29.8 Å². The fourth-order valence-corrected chi connectivity index (χ4v) is 2.25. The van der Waals surface area contributed by atoms with E-state index >= 15 is 0 Å². The molecule has 0 amide bonds. The zero-order chi connectivity index (χ0) is 15.7. The van der Waals surface area contributed by atoms with Gasteiger partial charge in [-0.1, -0.05) is 11.3 Å². The molecule has 0 saturated heterocycles. The molecule has 21 heavy (non-hydrogen) atoms. The van der Waals surface area contributed by atoms with Gasteiger partial charge in [0.1, 0.15) is 6.61 Å². The predicted octanol–water partition coefficient (Wildman–Crippen LogP) is 0.705. The highest BCUT2D eigenvalue weighted by atomic mass is 32.1. The molecule has 0 bridgehead atoms. The van der Waals surface area contributed by atoms with Gasteiger partial charge in [-0.25, -0.2) is 9.78 Å². The molecule has 0 spiro atoms. The molecule has 8 nitrogen and oxygen atoms in total. The standard InChI is InChI=1S/C12H12N6O2S/c1-8-9(7-20-11-14-5-6-21-11)10(3-4-13-8)18-12(19)17(2)15-16-18/h3-6H,7H2,1-2H3/i5T. The van der Waals surface area contributed by atoms with E-state index in [1.54, 1.807) is 17.6 Å². The average Bonchev–Trinajstić information content (AvgIpc) is 3.05. The van der Waals surface area contributed by atoms with Crippen molar-refractivity contribution in [2.24, 2.45) is 7.05 Å². The van der Waals surface area contributed by atoms with Gasteiger partial charge in [0.2, 0.25) is 0 Å². The number of thiazole rings is 1. The molecule has 3 rings (SSSR count). The average molecular weight is 306 g/mol. The van der Waals surface area contributed by atoms with E-state index in [0.717, 1.165) is 10.4 Å². The van der Waals surface area contributed by atoms with E-state index in [2.05, 4.69) is 20.4 Å². The second-order valence-corrected chi connectivity index (χ2v) is 5.04. The van der Waals surface area contributed by atoms with Crippen molar-refractivity contribution in [2.75, 3.05) is 0 Å². The number of aromatic nitrogens is 6. The van der Waals surface area contributed by atoms with Crippen LogP contribution < -0.4 is 10.4 Å². The van der Waals surface area contributed by atoms with Crippen molar-refractivity contribution in [3.8, 4) is 10.9 Å². The number of hydrogen-bond acceptors (Lipinski definition) is 7. The summed E-state index contributed by atoms with van der Waals surface area (Å²) < 4.78 is 15.3. The number of pyridine rings is 1. The van der Waals surface area contributed by atoms with Gasteiger partial charge in [-0.2, -0.15) is 9.36 Å². The largest absolute Gasteiger partial charge is 0.465 e. The van der Waals surface area contributed by atoms with E-state index in [0.29, 0.717) is 16.4 Å². The molecule has 0 aliphatic heterocycles. The number of tetrazole rings is 1. The first kappa shape index (κ1) is 12.2. The molecule has 0 aliphatic rings. The summed E-state index contributed by atoms with van der Waals surface area (Å²) in [6.45, 7) is 1.99. The Kier molecular flexibility index (Phi) is 3.17. The minimum absolute atomic E-state index is 0.160. The maximum atomic E-state index is 12.0. The fraction of sp³-hybridized carbons (Fsp3) is 0.250. The highest BCUT2D eigenvalue weighted by Gasteiger charge is 2.14. The Hall–Kier alpha value is -2.55. The second kappa shape index (κ2) is 5.44. The van der Waals surface area contributed by atoms with Crippen LogP contribution in [0.1, 0.15) is 12.6 Å². The van der Waals surface area contributed by atoms with Crippen molar-refractivity contribution < 1.29 is 6.11 Å². The van der Waals surface area contributed by atoms with Crippen molar-refractivity contribution in [3.05, 3.63) is 45.6 Å². The predicted molar refractivity (Wildman–Crippen MR) is 75.6 cm³/mol. The van der Waals surface area contributed by atoms with Gasteiger partial charge >= 0.3 is 5.69 Å². The van der Waals surface area contributed by atoms with Crippen LogP contribution in [-0.4, -0.2) is 29.8 Å². The minimum Gasteiger partial charge on any atom is -0.465 e. The molecule has 0 atom stereocenters. The van der Waals surface area contributed by atoms with Crippen LogP contribution in [0, 0.1) is 6.92 Å². The zero-order valence-electron chi connectivity index (χ0n) is 12.3. The third-order valence-corrected chi connectivity index (χ3v) is 3.54. The summed E-state index contributed by atoms with van der Waals surface area (Å²) in [6, 6.07) is 1.68. The lowest BCUT2D eigenvalue weighted by atomic mass is 10.2. The van der Waals surface area contributed by atoms with Crippen LogP contribution in [0.25, 0.3) is 5.69 Å². The Morgan fingerprint density at radius 3 is 2.95 bits per heavy atom. The van der Waals surface area contributed by atoms with Crippen LogP contribution in [0.4, 0.5) is 0 Å². The van der Waals surface area contributed by atoms with E-state index in [1.165, 1.54) is 23.1 Å². The molecule has 3 heterocycles. The van der Waals surface area contributed by atoms with E-state index in [-0.39, 0.29) is 18.5 Å². The zero-order valence-corrected chi connectivity index (χ0v) is 12.2. The summed E-state index contributed by atoms with van der Waals surface area (Å²) in [7, 11) is 1.53. The van der Waals surface area contributed by atoms with Crippen LogP contribution in [0.3, 0.4) is 0 Å². The number of nitrogens with zero attached hydrogens (tertiary/aromatic N) is 6. The monoisotopic (exact) mass is 306 g/mol. The number of rotatable bonds is 4. The summed E-state index contributed by atoms with van der Waals surface area (Å²) >= 11 is 1.24. The molecule has 0 fully saturated rings. The number of hydrogen-bond donors (Lipinski definition) is 0. The van der Waals surface area contributed by atoms with Crippen LogP contribution in [0.15, 0.2) is 28.6 Å². The Balaban J connectivity index is 1.96. The highest BCUT2D eigenvalue weighted by molar-refractivity contribution is 7.11. The van der Waals surface area contributed by atoms with Gasteiger partial charge in [0, 0.05) is 36.1 Å². The Labute approximate surface area is 125 Å². The Morgan fingerprint density at radius 1 is 1.43 bits per heavy atom. The molecular weight excluding hydrogens is 292 g/mol. The lowest BCUT2D eigenvalue weighted by molar-refractivity contribution is 0.302. The molecule has 108 valence electrons. The van der Waals surface area contributed by atoms with Crippen LogP contribution >= 0.6 is 11.3 Å². The van der Waals surface area contributed by atoms with Crippen molar-refractivity contribution >= 4 is 11.3 Å². The van der Waals surface area contributed by atoms with Gasteiger partial charge in [-0.15, -0.1) is 0 Å². The first-order chi connectivity index (χ1) is 10.6. The van der Waals surface area contributed by atoms with Crippen molar-refractivity contribution in [2.45, 2.75) is 13.5 Å². The Bertz CT molecular complexity index is 871. The van der Waals surface area contributed by atoms with Crippen LogP contribution in [0.2, 0.25) is 0 Å². The van der Waals surface area contributed by atoms with Gasteiger partial charge in [0.25, 0.3) is 5.19 Å². The third kappa shape index (κ3) is 2.55. The van der Waals surface area contributed by atoms with Gasteiger partial charge in [-0.05, 0) is 23.4 Å². The SMILES string of the molecule is [3H]c1csc(OCc2c(-n3nnn(C)c3=O)ccnc2C)n1. The van der Waals surface area contributed by atoms with Gasteiger partial charge in [-0.3, -0.25) is 4.98 Å². The van der Waals surface area contributed by atoms with E-state index in [1.807, 2.05) is 6.92 Å². The summed E-state index contributed by atoms with van der Waals surface area (Å²) in [4.78, 5) is 20.2. The van der Waals surface area contributed by atoms with E-state index in [4.69, 9.17) is 6.11 Å². The smallest absolute Gasteiger partial charge is 0.368 e. The fourth-order valence-electron chi connectivity index (χ4n) is 1.81. The molecule has 0 N–H and O–H groups in total. The molecule has 0 saturated carbocycles. The van der Waals surface area contributed by atoms with Gasteiger partial charge < -0.3 is 4.74 Å². The normalized spacial score (nSPS) is 11.4. The Morgan fingerprint density at radius 2 is 2.29 bits per heavy atom.